The molecule has 1 aliphatic heterocycles. The molecule has 0 radical (unpaired) electrons. The smallest absolute Gasteiger partial charge is 0.311 e. The number of rotatable bonds is 4. The van der Waals surface area contributed by atoms with Crippen LogP contribution in [0.3, 0.4) is 0 Å². The predicted molar refractivity (Wildman–Crippen MR) is 67.5 cm³/mol. The maximum atomic E-state index is 12.0. The first-order valence-electron chi connectivity index (χ1n) is 6.06. The van der Waals surface area contributed by atoms with Crippen molar-refractivity contribution in [3.8, 4) is 12.3 Å². The van der Waals surface area contributed by atoms with Gasteiger partial charge in [0.25, 0.3) is 0 Å². The van der Waals surface area contributed by atoms with E-state index in [1.807, 2.05) is 13.8 Å². The summed E-state index contributed by atoms with van der Waals surface area (Å²) in [6, 6.07) is -0.730. The van der Waals surface area contributed by atoms with Gasteiger partial charge in [0.05, 0.1) is 11.5 Å². The summed E-state index contributed by atoms with van der Waals surface area (Å²) in [6.07, 6.45) is 5.77. The molecule has 1 aliphatic rings. The van der Waals surface area contributed by atoms with Crippen LogP contribution in [0.25, 0.3) is 0 Å². The number of terminal acetylenes is 1. The van der Waals surface area contributed by atoms with E-state index in [1.54, 1.807) is 0 Å². The number of carboxylic acid groups (broad SMARTS) is 1. The van der Waals surface area contributed by atoms with Gasteiger partial charge in [-0.3, -0.25) is 9.59 Å². The monoisotopic (exact) mass is 252 g/mol. The standard InChI is InChI=1S/C13H20N2O3/c1-4-5-10(14)11(16)15-7-6-13(8-15,9(2)3)12(17)18/h1,9-10H,5-8,14H2,2-3H3,(H,17,18). The Morgan fingerprint density at radius 1 is 1.56 bits per heavy atom. The first-order chi connectivity index (χ1) is 8.35. The zero-order valence-corrected chi connectivity index (χ0v) is 10.8. The Kier molecular flexibility index (Phi) is 4.36. The molecule has 2 unspecified atom stereocenters. The lowest BCUT2D eigenvalue weighted by Crippen LogP contribution is -2.45. The van der Waals surface area contributed by atoms with E-state index in [-0.39, 0.29) is 24.8 Å². The van der Waals surface area contributed by atoms with E-state index >= 15 is 0 Å². The molecule has 3 N–H and O–H groups in total. The average Bonchev–Trinajstić information content (AvgIpc) is 2.74. The molecule has 1 saturated heterocycles. The molecule has 0 aromatic heterocycles. The van der Waals surface area contributed by atoms with Crippen molar-refractivity contribution in [2.45, 2.75) is 32.7 Å². The Morgan fingerprint density at radius 2 is 2.17 bits per heavy atom. The Labute approximate surface area is 107 Å². The van der Waals surface area contributed by atoms with Crippen LogP contribution >= 0.6 is 0 Å². The van der Waals surface area contributed by atoms with Crippen molar-refractivity contribution in [1.29, 1.82) is 0 Å². The van der Waals surface area contributed by atoms with E-state index in [1.165, 1.54) is 4.90 Å². The summed E-state index contributed by atoms with van der Waals surface area (Å²) in [7, 11) is 0. The molecule has 0 spiro atoms. The van der Waals surface area contributed by atoms with Gasteiger partial charge >= 0.3 is 5.97 Å². The molecule has 0 aromatic rings. The van der Waals surface area contributed by atoms with Crippen molar-refractivity contribution < 1.29 is 14.7 Å². The molecule has 1 fully saturated rings. The van der Waals surface area contributed by atoms with Crippen LogP contribution in [0.1, 0.15) is 26.7 Å². The lowest BCUT2D eigenvalue weighted by atomic mass is 9.76. The van der Waals surface area contributed by atoms with Crippen molar-refractivity contribution >= 4 is 11.9 Å². The highest BCUT2D eigenvalue weighted by atomic mass is 16.4. The average molecular weight is 252 g/mol. The van der Waals surface area contributed by atoms with Gasteiger partial charge in [-0.2, -0.15) is 0 Å². The van der Waals surface area contributed by atoms with Gasteiger partial charge in [0.15, 0.2) is 0 Å². The van der Waals surface area contributed by atoms with Crippen LogP contribution in [0.4, 0.5) is 0 Å². The van der Waals surface area contributed by atoms with E-state index in [2.05, 4.69) is 5.92 Å². The summed E-state index contributed by atoms with van der Waals surface area (Å²) in [6.45, 7) is 4.38. The lowest BCUT2D eigenvalue weighted by Gasteiger charge is -2.29. The molecule has 5 heteroatoms. The van der Waals surface area contributed by atoms with Gasteiger partial charge < -0.3 is 15.7 Å². The van der Waals surface area contributed by atoms with Crippen molar-refractivity contribution in [2.75, 3.05) is 13.1 Å². The maximum absolute atomic E-state index is 12.0. The van der Waals surface area contributed by atoms with Crippen LogP contribution in [0, 0.1) is 23.7 Å². The largest absolute Gasteiger partial charge is 0.481 e. The summed E-state index contributed by atoms with van der Waals surface area (Å²) in [5.41, 5.74) is 4.81. The Balaban J connectivity index is 2.79. The highest BCUT2D eigenvalue weighted by molar-refractivity contribution is 5.84. The number of nitrogens with zero attached hydrogens (tertiary/aromatic N) is 1. The zero-order chi connectivity index (χ0) is 13.9. The van der Waals surface area contributed by atoms with Crippen molar-refractivity contribution in [2.24, 2.45) is 17.1 Å². The van der Waals surface area contributed by atoms with Gasteiger partial charge in [0.1, 0.15) is 0 Å². The Bertz CT molecular complexity index is 386. The minimum Gasteiger partial charge on any atom is -0.481 e. The van der Waals surface area contributed by atoms with E-state index < -0.39 is 17.4 Å². The van der Waals surface area contributed by atoms with Crippen molar-refractivity contribution in [1.82, 2.24) is 4.90 Å². The molecule has 0 saturated carbocycles. The lowest BCUT2D eigenvalue weighted by molar-refractivity contribution is -0.151. The second-order valence-electron chi connectivity index (χ2n) is 5.14. The molecule has 5 nitrogen and oxygen atoms in total. The number of amides is 1. The van der Waals surface area contributed by atoms with Crippen LogP contribution in [0.5, 0.6) is 0 Å². The number of carboxylic acids is 1. The highest BCUT2D eigenvalue weighted by Gasteiger charge is 2.48. The Morgan fingerprint density at radius 3 is 2.56 bits per heavy atom. The molecular weight excluding hydrogens is 232 g/mol. The third kappa shape index (κ3) is 2.49. The van der Waals surface area contributed by atoms with Crippen LogP contribution < -0.4 is 5.73 Å². The molecule has 1 amide bonds. The zero-order valence-electron chi connectivity index (χ0n) is 10.8. The number of nitrogens with two attached hydrogens (primary N) is 1. The van der Waals surface area contributed by atoms with E-state index in [9.17, 15) is 14.7 Å². The number of carbonyl (C=O) groups excluding carboxylic acids is 1. The predicted octanol–water partition coefficient (Wildman–Crippen LogP) is 0.296. The van der Waals surface area contributed by atoms with Crippen molar-refractivity contribution in [3.05, 3.63) is 0 Å². The van der Waals surface area contributed by atoms with E-state index in [4.69, 9.17) is 12.2 Å². The maximum Gasteiger partial charge on any atom is 0.311 e. The fraction of sp³-hybridized carbons (Fsp3) is 0.692. The van der Waals surface area contributed by atoms with Crippen LogP contribution in [-0.4, -0.2) is 41.0 Å². The van der Waals surface area contributed by atoms with Gasteiger partial charge in [0, 0.05) is 19.5 Å². The molecule has 1 rings (SSSR count). The van der Waals surface area contributed by atoms with Crippen LogP contribution in [0.2, 0.25) is 0 Å². The van der Waals surface area contributed by atoms with Crippen LogP contribution in [0.15, 0.2) is 0 Å². The number of likely N-dealkylation sites (tertiary alicyclic amines) is 1. The number of carbonyl (C=O) groups is 2. The number of hydrogen-bond acceptors (Lipinski definition) is 3. The third-order valence-corrected chi connectivity index (χ3v) is 3.80. The number of aliphatic carboxylic acids is 1. The summed E-state index contributed by atoms with van der Waals surface area (Å²) in [5, 5.41) is 9.37. The molecule has 18 heavy (non-hydrogen) atoms. The SMILES string of the molecule is C#CCC(N)C(=O)N1CCC(C(=O)O)(C(C)C)C1. The van der Waals surface area contributed by atoms with E-state index in [0.29, 0.717) is 13.0 Å². The third-order valence-electron chi connectivity index (χ3n) is 3.80. The van der Waals surface area contributed by atoms with E-state index in [0.717, 1.165) is 0 Å². The topological polar surface area (TPSA) is 83.6 Å². The van der Waals surface area contributed by atoms with Gasteiger partial charge in [-0.15, -0.1) is 12.3 Å². The molecule has 2 atom stereocenters. The van der Waals surface area contributed by atoms with Crippen LogP contribution in [-0.2, 0) is 9.59 Å². The van der Waals surface area contributed by atoms with Crippen molar-refractivity contribution in [3.63, 3.8) is 0 Å². The molecular formula is C13H20N2O3. The first-order valence-corrected chi connectivity index (χ1v) is 6.06. The fourth-order valence-electron chi connectivity index (χ4n) is 2.36. The first kappa shape index (κ1) is 14.5. The molecule has 100 valence electrons. The minimum atomic E-state index is -0.856. The van der Waals surface area contributed by atoms with Gasteiger partial charge in [-0.25, -0.2) is 0 Å². The van der Waals surface area contributed by atoms with Gasteiger partial charge in [-0.05, 0) is 12.3 Å². The highest BCUT2D eigenvalue weighted by Crippen LogP contribution is 2.38. The molecule has 0 bridgehead atoms. The summed E-state index contributed by atoms with van der Waals surface area (Å²) in [5.74, 6) is 1.22. The fourth-order valence-corrected chi connectivity index (χ4v) is 2.36. The summed E-state index contributed by atoms with van der Waals surface area (Å²) < 4.78 is 0. The molecule has 1 heterocycles. The van der Waals surface area contributed by atoms with Gasteiger partial charge in [0.2, 0.25) is 5.91 Å². The molecule has 0 aliphatic carbocycles. The second-order valence-corrected chi connectivity index (χ2v) is 5.14. The normalized spacial score (nSPS) is 24.9. The quantitative estimate of drug-likeness (QED) is 0.705. The second kappa shape index (κ2) is 5.40. The minimum absolute atomic E-state index is 0.0309. The number of hydrogen-bond donors (Lipinski definition) is 2. The van der Waals surface area contributed by atoms with Gasteiger partial charge in [-0.1, -0.05) is 13.8 Å². The summed E-state index contributed by atoms with van der Waals surface area (Å²) >= 11 is 0. The Hall–Kier alpha value is -1.54. The molecule has 0 aromatic carbocycles. The summed E-state index contributed by atoms with van der Waals surface area (Å²) in [4.78, 5) is 24.9.